The van der Waals surface area contributed by atoms with E-state index >= 15 is 0 Å². The van der Waals surface area contributed by atoms with E-state index in [2.05, 4.69) is 0 Å². The van der Waals surface area contributed by atoms with E-state index in [1.54, 1.807) is 0 Å². The molecule has 11 heteroatoms. The number of rotatable bonds is 0. The van der Waals surface area contributed by atoms with Gasteiger partial charge < -0.3 is 24.4 Å². The summed E-state index contributed by atoms with van der Waals surface area (Å²) in [5, 5.41) is 14.8. The molecule has 0 aliphatic rings. The van der Waals surface area contributed by atoms with Gasteiger partial charge in [0.1, 0.15) is 0 Å². The van der Waals surface area contributed by atoms with Crippen LogP contribution in [0.5, 0.6) is 0 Å². The SMILES string of the molecule is O=S(=O)([O-])[O-].O=[N+]([O-])[O-].[Ni+2].[Ni+2]. The Morgan fingerprint density at radius 3 is 1.00 bits per heavy atom. The van der Waals surface area contributed by atoms with Crippen molar-refractivity contribution in [1.82, 2.24) is 0 Å². The summed E-state index contributed by atoms with van der Waals surface area (Å²) in [5.41, 5.74) is 0. The predicted octanol–water partition coefficient (Wildman–Crippen LogP) is -1.58. The van der Waals surface area contributed by atoms with Crippen LogP contribution in [0.25, 0.3) is 0 Å². The van der Waals surface area contributed by atoms with E-state index in [9.17, 15) is 0 Å². The maximum atomic E-state index is 8.52. The van der Waals surface area contributed by atoms with Crippen LogP contribution < -0.4 is 0 Å². The Morgan fingerprint density at radius 2 is 1.00 bits per heavy atom. The van der Waals surface area contributed by atoms with E-state index in [0.29, 0.717) is 0 Å². The molecule has 0 unspecified atom stereocenters. The van der Waals surface area contributed by atoms with Crippen molar-refractivity contribution in [3.8, 4) is 0 Å². The van der Waals surface area contributed by atoms with Crippen LogP contribution in [-0.4, -0.2) is 22.6 Å². The summed E-state index contributed by atoms with van der Waals surface area (Å²) in [5.74, 6) is 0. The van der Waals surface area contributed by atoms with Gasteiger partial charge >= 0.3 is 33.0 Å². The van der Waals surface area contributed by atoms with Gasteiger partial charge in [0, 0.05) is 10.4 Å². The molecule has 11 heavy (non-hydrogen) atoms. The van der Waals surface area contributed by atoms with Gasteiger partial charge in [-0.25, -0.2) is 0 Å². The Labute approximate surface area is 81.5 Å². The van der Waals surface area contributed by atoms with Crippen LogP contribution in [0.4, 0.5) is 0 Å². The maximum absolute atomic E-state index is 8.52. The molecule has 0 heterocycles. The Bertz CT molecular complexity index is 159. The predicted molar refractivity (Wildman–Crippen MR) is 20.8 cm³/mol. The summed E-state index contributed by atoms with van der Waals surface area (Å²) in [6, 6.07) is 0. The second-order valence-corrected chi connectivity index (χ2v) is 1.45. The van der Waals surface area contributed by atoms with Crippen LogP contribution >= 0.6 is 0 Å². The maximum Gasteiger partial charge on any atom is 2.00 e. The molecule has 0 spiro atoms. The molecule has 0 radical (unpaired) electrons. The quantitative estimate of drug-likeness (QED) is 0.170. The number of hydrogen-bond donors (Lipinski definition) is 0. The Morgan fingerprint density at radius 1 is 1.00 bits per heavy atom. The van der Waals surface area contributed by atoms with Crippen molar-refractivity contribution in [1.29, 1.82) is 0 Å². The molecule has 0 fully saturated rings. The van der Waals surface area contributed by atoms with Crippen molar-refractivity contribution in [2.45, 2.75) is 0 Å². The van der Waals surface area contributed by atoms with Gasteiger partial charge in [0.25, 0.3) is 0 Å². The van der Waals surface area contributed by atoms with Gasteiger partial charge in [-0.2, -0.15) is 0 Å². The average molecular weight is 275 g/mol. The molecular formula is NNi2O7S+. The largest absolute Gasteiger partial charge is 2.00 e. The first-order valence-corrected chi connectivity index (χ1v) is 2.55. The van der Waals surface area contributed by atoms with Gasteiger partial charge in [-0.3, -0.25) is 8.42 Å². The summed E-state index contributed by atoms with van der Waals surface area (Å²) in [7, 11) is -5.17. The molecule has 0 rings (SSSR count). The van der Waals surface area contributed by atoms with Crippen molar-refractivity contribution >= 4 is 10.4 Å². The second-order valence-electron chi connectivity index (χ2n) is 0.632. The molecular weight excluding hydrogens is 275 g/mol. The first-order valence-electron chi connectivity index (χ1n) is 1.21. The van der Waals surface area contributed by atoms with Crippen molar-refractivity contribution in [3.05, 3.63) is 15.3 Å². The van der Waals surface area contributed by atoms with Gasteiger partial charge in [-0.05, 0) is 0 Å². The topological polar surface area (TPSA) is 146 Å². The first kappa shape index (κ1) is 22.5. The van der Waals surface area contributed by atoms with Crippen LogP contribution in [0.15, 0.2) is 0 Å². The Kier molecular flexibility index (Phi) is 20.5. The van der Waals surface area contributed by atoms with Crippen LogP contribution in [0.2, 0.25) is 0 Å². The normalized spacial score (nSPS) is 7.45. The monoisotopic (exact) mass is 274 g/mol. The molecule has 0 aliphatic carbocycles. The minimum absolute atomic E-state index is 0. The van der Waals surface area contributed by atoms with Crippen LogP contribution in [0, 0.1) is 15.3 Å². The van der Waals surface area contributed by atoms with E-state index in [-0.39, 0.29) is 33.0 Å². The number of nitrogens with zero attached hydrogens (tertiary/aromatic N) is 1. The van der Waals surface area contributed by atoms with Gasteiger partial charge in [0.15, 0.2) is 0 Å². The molecule has 0 saturated heterocycles. The van der Waals surface area contributed by atoms with E-state index in [0.717, 1.165) is 0 Å². The molecule has 0 aliphatic heterocycles. The minimum atomic E-state index is -5.17. The van der Waals surface area contributed by atoms with E-state index in [4.69, 9.17) is 32.8 Å². The molecule has 72 valence electrons. The molecule has 0 aromatic heterocycles. The molecule has 0 aromatic carbocycles. The summed E-state index contributed by atoms with van der Waals surface area (Å²) in [4.78, 5) is 8.25. The van der Waals surface area contributed by atoms with Crippen LogP contribution in [0.1, 0.15) is 0 Å². The zero-order chi connectivity index (χ0) is 8.08. The first-order chi connectivity index (χ1) is 3.73. The Hall–Kier alpha value is 0.0570. The molecule has 8 nitrogen and oxygen atoms in total. The third-order valence-electron chi connectivity index (χ3n) is 0. The van der Waals surface area contributed by atoms with Gasteiger partial charge in [0.2, 0.25) is 0 Å². The average Bonchev–Trinajstić information content (AvgIpc) is 1.19. The molecule has 0 amide bonds. The zero-order valence-corrected chi connectivity index (χ0v) is 7.14. The van der Waals surface area contributed by atoms with Gasteiger partial charge in [0.05, 0.1) is 5.09 Å². The summed E-state index contributed by atoms with van der Waals surface area (Å²) >= 11 is 0. The fourth-order valence-electron chi connectivity index (χ4n) is 0. The zero-order valence-electron chi connectivity index (χ0n) is 4.35. The molecule has 0 saturated carbocycles. The van der Waals surface area contributed by atoms with Crippen molar-refractivity contribution < 1.29 is 55.6 Å². The van der Waals surface area contributed by atoms with Crippen LogP contribution in [-0.2, 0) is 43.4 Å². The van der Waals surface area contributed by atoms with Crippen LogP contribution in [0.3, 0.4) is 0 Å². The van der Waals surface area contributed by atoms with E-state index < -0.39 is 15.5 Å². The fourth-order valence-corrected chi connectivity index (χ4v) is 0. The molecule has 0 atom stereocenters. The van der Waals surface area contributed by atoms with E-state index in [1.165, 1.54) is 0 Å². The van der Waals surface area contributed by atoms with Crippen molar-refractivity contribution in [3.63, 3.8) is 0 Å². The Balaban J connectivity index is -0.0000000383. The summed E-state index contributed by atoms with van der Waals surface area (Å²) in [6.07, 6.45) is 0. The van der Waals surface area contributed by atoms with Crippen molar-refractivity contribution in [2.75, 3.05) is 0 Å². The molecule has 0 N–H and O–H groups in total. The van der Waals surface area contributed by atoms with Crippen molar-refractivity contribution in [2.24, 2.45) is 0 Å². The molecule has 0 bridgehead atoms. The minimum Gasteiger partial charge on any atom is -0.759 e. The smallest absolute Gasteiger partial charge is 0.759 e. The third kappa shape index (κ3) is 201000. The number of hydrogen-bond acceptors (Lipinski definition) is 7. The molecule has 0 aromatic rings. The standard InChI is InChI=1S/NO3.2Ni.H2O4S/c2-1(3)4;;;1-5(2,3)4/h;;;(H2,1,2,3,4)/q-1;2*+2;/p-2. The van der Waals surface area contributed by atoms with Gasteiger partial charge in [-0.15, -0.1) is 0 Å². The summed E-state index contributed by atoms with van der Waals surface area (Å²) in [6.45, 7) is 0. The summed E-state index contributed by atoms with van der Waals surface area (Å²) < 4.78 is 34.1. The van der Waals surface area contributed by atoms with E-state index in [1.807, 2.05) is 0 Å². The third-order valence-corrected chi connectivity index (χ3v) is 0. The fraction of sp³-hybridized carbons (Fsp3) is 0. The van der Waals surface area contributed by atoms with Gasteiger partial charge in [-0.1, -0.05) is 0 Å². The second kappa shape index (κ2) is 10.1.